The van der Waals surface area contributed by atoms with Gasteiger partial charge in [0.15, 0.2) is 0 Å². The zero-order chi connectivity index (χ0) is 21.3. The minimum absolute atomic E-state index is 0.0347. The van der Waals surface area contributed by atoms with E-state index >= 15 is 0 Å². The average Bonchev–Trinajstić information content (AvgIpc) is 3.04. The number of hydrogen-bond acceptors (Lipinski definition) is 5. The van der Waals surface area contributed by atoms with Gasteiger partial charge in [0, 0.05) is 42.6 Å². The third-order valence-corrected chi connectivity index (χ3v) is 5.47. The van der Waals surface area contributed by atoms with Gasteiger partial charge >= 0.3 is 0 Å². The lowest BCUT2D eigenvalue weighted by Crippen LogP contribution is -2.30. The SMILES string of the molecule is COc1ccc(CN(C)CC(=O)Nc2ccc(N3CCCCCC3)cc2)c(OC)c1. The van der Waals surface area contributed by atoms with Crippen LogP contribution in [-0.4, -0.2) is 51.7 Å². The Morgan fingerprint density at radius 2 is 1.70 bits per heavy atom. The summed E-state index contributed by atoms with van der Waals surface area (Å²) in [5.41, 5.74) is 3.07. The zero-order valence-corrected chi connectivity index (χ0v) is 18.3. The molecule has 0 radical (unpaired) electrons. The zero-order valence-electron chi connectivity index (χ0n) is 18.3. The number of anilines is 2. The molecule has 1 fully saturated rings. The summed E-state index contributed by atoms with van der Waals surface area (Å²) in [6, 6.07) is 13.9. The third kappa shape index (κ3) is 6.13. The predicted molar refractivity (Wildman–Crippen MR) is 122 cm³/mol. The number of nitrogens with zero attached hydrogens (tertiary/aromatic N) is 2. The number of nitrogens with one attached hydrogen (secondary N) is 1. The van der Waals surface area contributed by atoms with E-state index < -0.39 is 0 Å². The topological polar surface area (TPSA) is 54.0 Å². The molecule has 0 unspecified atom stereocenters. The summed E-state index contributed by atoms with van der Waals surface area (Å²) in [6.07, 6.45) is 5.15. The minimum Gasteiger partial charge on any atom is -0.497 e. The number of carbonyl (C=O) groups is 1. The summed E-state index contributed by atoms with van der Waals surface area (Å²) in [4.78, 5) is 16.9. The Labute approximate surface area is 179 Å². The molecule has 0 saturated carbocycles. The Balaban J connectivity index is 1.52. The summed E-state index contributed by atoms with van der Waals surface area (Å²) in [5, 5.41) is 3.00. The van der Waals surface area contributed by atoms with Gasteiger partial charge in [-0.2, -0.15) is 0 Å². The fraction of sp³-hybridized carbons (Fsp3) is 0.458. The number of carbonyl (C=O) groups excluding carboxylic acids is 1. The number of rotatable bonds is 8. The van der Waals surface area contributed by atoms with E-state index in [2.05, 4.69) is 22.3 Å². The summed E-state index contributed by atoms with van der Waals surface area (Å²) in [7, 11) is 5.19. The average molecular weight is 412 g/mol. The first-order valence-electron chi connectivity index (χ1n) is 10.6. The second-order valence-electron chi connectivity index (χ2n) is 7.85. The number of hydrogen-bond donors (Lipinski definition) is 1. The fourth-order valence-electron chi connectivity index (χ4n) is 3.86. The summed E-state index contributed by atoms with van der Waals surface area (Å²) < 4.78 is 10.7. The highest BCUT2D eigenvalue weighted by molar-refractivity contribution is 5.92. The van der Waals surface area contributed by atoms with Crippen LogP contribution in [0.4, 0.5) is 11.4 Å². The van der Waals surface area contributed by atoms with E-state index in [1.54, 1.807) is 14.2 Å². The molecule has 0 spiro atoms. The van der Waals surface area contributed by atoms with Crippen molar-refractivity contribution < 1.29 is 14.3 Å². The summed E-state index contributed by atoms with van der Waals surface area (Å²) in [6.45, 7) is 3.13. The van der Waals surface area contributed by atoms with Gasteiger partial charge in [0.05, 0.1) is 20.8 Å². The van der Waals surface area contributed by atoms with Gasteiger partial charge in [-0.25, -0.2) is 0 Å². The van der Waals surface area contributed by atoms with Crippen LogP contribution in [0.25, 0.3) is 0 Å². The molecule has 3 rings (SSSR count). The molecule has 2 aromatic carbocycles. The molecule has 6 heteroatoms. The van der Waals surface area contributed by atoms with Crippen LogP contribution in [0, 0.1) is 0 Å². The second kappa shape index (κ2) is 10.9. The normalized spacial score (nSPS) is 14.3. The van der Waals surface area contributed by atoms with Crippen LogP contribution in [0.5, 0.6) is 11.5 Å². The molecule has 1 amide bonds. The lowest BCUT2D eigenvalue weighted by Gasteiger charge is -2.23. The number of ether oxygens (including phenoxy) is 2. The van der Waals surface area contributed by atoms with Crippen LogP contribution in [0.2, 0.25) is 0 Å². The molecule has 0 aromatic heterocycles. The Morgan fingerprint density at radius 3 is 2.33 bits per heavy atom. The highest BCUT2D eigenvalue weighted by atomic mass is 16.5. The van der Waals surface area contributed by atoms with Crippen molar-refractivity contribution >= 4 is 17.3 Å². The van der Waals surface area contributed by atoms with Crippen LogP contribution in [0.1, 0.15) is 31.2 Å². The first-order chi connectivity index (χ1) is 14.6. The summed E-state index contributed by atoms with van der Waals surface area (Å²) >= 11 is 0. The smallest absolute Gasteiger partial charge is 0.238 e. The predicted octanol–water partition coefficient (Wildman–Crippen LogP) is 4.15. The maximum atomic E-state index is 12.5. The number of methoxy groups -OCH3 is 2. The Morgan fingerprint density at radius 1 is 1.00 bits per heavy atom. The number of benzene rings is 2. The van der Waals surface area contributed by atoms with Gasteiger partial charge in [-0.3, -0.25) is 9.69 Å². The summed E-state index contributed by atoms with van der Waals surface area (Å²) in [5.74, 6) is 1.47. The van der Waals surface area contributed by atoms with Crippen LogP contribution in [0.3, 0.4) is 0 Å². The van der Waals surface area contributed by atoms with E-state index in [9.17, 15) is 4.79 Å². The van der Waals surface area contributed by atoms with Gasteiger partial charge in [-0.15, -0.1) is 0 Å². The molecule has 162 valence electrons. The van der Waals surface area contributed by atoms with E-state index in [-0.39, 0.29) is 5.91 Å². The van der Waals surface area contributed by atoms with Gasteiger partial charge in [0.25, 0.3) is 0 Å². The molecular formula is C24H33N3O3. The molecule has 1 N–H and O–H groups in total. The van der Waals surface area contributed by atoms with E-state index in [1.165, 1.54) is 31.4 Å². The van der Waals surface area contributed by atoms with E-state index in [0.717, 1.165) is 35.8 Å². The van der Waals surface area contributed by atoms with E-state index in [1.807, 2.05) is 42.3 Å². The number of likely N-dealkylation sites (N-methyl/N-ethyl adjacent to an activating group) is 1. The maximum absolute atomic E-state index is 12.5. The molecule has 30 heavy (non-hydrogen) atoms. The Bertz CT molecular complexity index is 815. The van der Waals surface area contributed by atoms with Crippen molar-refractivity contribution in [1.29, 1.82) is 0 Å². The molecule has 0 bridgehead atoms. The first kappa shape index (κ1) is 22.0. The number of amides is 1. The molecule has 1 saturated heterocycles. The molecule has 6 nitrogen and oxygen atoms in total. The highest BCUT2D eigenvalue weighted by Crippen LogP contribution is 2.25. The molecule has 1 heterocycles. The second-order valence-corrected chi connectivity index (χ2v) is 7.85. The lowest BCUT2D eigenvalue weighted by atomic mass is 10.2. The van der Waals surface area contributed by atoms with Crippen molar-refractivity contribution in [2.24, 2.45) is 0 Å². The third-order valence-electron chi connectivity index (χ3n) is 5.47. The Hall–Kier alpha value is -2.73. The molecular weight excluding hydrogens is 378 g/mol. The van der Waals surface area contributed by atoms with Gasteiger partial charge in [-0.1, -0.05) is 18.9 Å². The van der Waals surface area contributed by atoms with Crippen molar-refractivity contribution in [2.75, 3.05) is 51.1 Å². The minimum atomic E-state index is -0.0347. The first-order valence-corrected chi connectivity index (χ1v) is 10.6. The van der Waals surface area contributed by atoms with Crippen LogP contribution < -0.4 is 19.7 Å². The quantitative estimate of drug-likeness (QED) is 0.707. The van der Waals surface area contributed by atoms with Crippen LogP contribution >= 0.6 is 0 Å². The molecule has 1 aliphatic rings. The van der Waals surface area contributed by atoms with E-state index in [0.29, 0.717) is 13.1 Å². The maximum Gasteiger partial charge on any atom is 0.238 e. The Kier molecular flexibility index (Phi) is 7.97. The largest absolute Gasteiger partial charge is 0.497 e. The highest BCUT2D eigenvalue weighted by Gasteiger charge is 2.13. The standard InChI is InChI=1S/C24H33N3O3/c1-26(17-19-8-13-22(29-2)16-23(19)30-3)18-24(28)25-20-9-11-21(12-10-20)27-14-6-4-5-7-15-27/h8-13,16H,4-7,14-15,17-18H2,1-3H3,(H,25,28). The molecule has 0 aliphatic carbocycles. The monoisotopic (exact) mass is 411 g/mol. The van der Waals surface area contributed by atoms with Gasteiger partial charge in [0.1, 0.15) is 11.5 Å². The van der Waals surface area contributed by atoms with Crippen molar-refractivity contribution in [3.63, 3.8) is 0 Å². The lowest BCUT2D eigenvalue weighted by molar-refractivity contribution is -0.117. The van der Waals surface area contributed by atoms with E-state index in [4.69, 9.17) is 9.47 Å². The van der Waals surface area contributed by atoms with Gasteiger partial charge in [-0.05, 0) is 50.2 Å². The van der Waals surface area contributed by atoms with Crippen molar-refractivity contribution in [3.8, 4) is 11.5 Å². The van der Waals surface area contributed by atoms with Crippen molar-refractivity contribution in [2.45, 2.75) is 32.2 Å². The van der Waals surface area contributed by atoms with Crippen molar-refractivity contribution in [1.82, 2.24) is 4.90 Å². The van der Waals surface area contributed by atoms with Gasteiger partial charge < -0.3 is 19.7 Å². The van der Waals surface area contributed by atoms with Crippen LogP contribution in [-0.2, 0) is 11.3 Å². The van der Waals surface area contributed by atoms with Crippen LogP contribution in [0.15, 0.2) is 42.5 Å². The van der Waals surface area contributed by atoms with Gasteiger partial charge in [0.2, 0.25) is 5.91 Å². The molecule has 2 aromatic rings. The van der Waals surface area contributed by atoms with Crippen molar-refractivity contribution in [3.05, 3.63) is 48.0 Å². The molecule has 1 aliphatic heterocycles. The fourth-order valence-corrected chi connectivity index (χ4v) is 3.86. The molecule has 0 atom stereocenters.